The minimum Gasteiger partial charge on any atom is -0.478 e. The maximum atomic E-state index is 11.1. The van der Waals surface area contributed by atoms with Crippen LogP contribution < -0.4 is 5.32 Å². The molecule has 1 aromatic heterocycles. The number of hydrogen-bond donors (Lipinski definition) is 2. The predicted molar refractivity (Wildman–Crippen MR) is 101 cm³/mol. The van der Waals surface area contributed by atoms with Crippen LogP contribution in [0.25, 0.3) is 5.69 Å². The number of carbonyl (C=O) groups is 1. The average Bonchev–Trinajstić information content (AvgIpc) is 3.08. The van der Waals surface area contributed by atoms with E-state index in [4.69, 9.17) is 16.7 Å². The molecule has 0 spiro atoms. The van der Waals surface area contributed by atoms with Crippen LogP contribution in [-0.4, -0.2) is 26.1 Å². The lowest BCUT2D eigenvalue weighted by molar-refractivity contribution is 0.0696. The highest BCUT2D eigenvalue weighted by Crippen LogP contribution is 2.23. The number of rotatable bonds is 5. The van der Waals surface area contributed by atoms with E-state index in [-0.39, 0.29) is 11.6 Å². The van der Waals surface area contributed by atoms with E-state index in [1.165, 1.54) is 0 Å². The molecule has 0 amide bonds. The first-order valence-electron chi connectivity index (χ1n) is 8.14. The molecule has 3 aromatic rings. The number of nitrogens with zero attached hydrogens (tertiary/aromatic N) is 3. The van der Waals surface area contributed by atoms with Gasteiger partial charge in [-0.2, -0.15) is 0 Å². The van der Waals surface area contributed by atoms with Crippen LogP contribution in [0, 0.1) is 13.8 Å². The Morgan fingerprint density at radius 2 is 1.96 bits per heavy atom. The number of anilines is 1. The molecule has 7 heteroatoms. The highest BCUT2D eigenvalue weighted by atomic mass is 35.5. The van der Waals surface area contributed by atoms with Crippen molar-refractivity contribution in [1.82, 2.24) is 15.0 Å². The molecule has 0 aliphatic carbocycles. The standard InChI is InChI=1S/C19H19ClN4O2/c1-11-9-15(5-6-16(11)19(25)26)24-10-18(22-23-24)13(3)21-14-4-7-17(20)12(2)8-14/h4-10,13,21H,1-3H3,(H,25,26). The van der Waals surface area contributed by atoms with E-state index in [2.05, 4.69) is 15.6 Å². The number of aryl methyl sites for hydroxylation is 2. The topological polar surface area (TPSA) is 80.0 Å². The Balaban J connectivity index is 1.79. The van der Waals surface area contributed by atoms with Gasteiger partial charge in [-0.1, -0.05) is 16.8 Å². The van der Waals surface area contributed by atoms with Gasteiger partial charge in [0.25, 0.3) is 0 Å². The summed E-state index contributed by atoms with van der Waals surface area (Å²) in [7, 11) is 0. The number of aromatic carboxylic acids is 1. The van der Waals surface area contributed by atoms with Crippen molar-refractivity contribution in [3.8, 4) is 5.69 Å². The molecule has 0 aliphatic rings. The number of nitrogens with one attached hydrogen (secondary N) is 1. The average molecular weight is 371 g/mol. The van der Waals surface area contributed by atoms with Gasteiger partial charge in [-0.05, 0) is 68.3 Å². The molecule has 0 aliphatic heterocycles. The Morgan fingerprint density at radius 1 is 1.19 bits per heavy atom. The molecule has 0 bridgehead atoms. The number of aromatic nitrogens is 3. The summed E-state index contributed by atoms with van der Waals surface area (Å²) in [5, 5.41) is 21.6. The quantitative estimate of drug-likeness (QED) is 0.695. The maximum Gasteiger partial charge on any atom is 0.335 e. The van der Waals surface area contributed by atoms with Crippen LogP contribution in [-0.2, 0) is 0 Å². The van der Waals surface area contributed by atoms with Crippen LogP contribution in [0.2, 0.25) is 5.02 Å². The highest BCUT2D eigenvalue weighted by Gasteiger charge is 2.13. The van der Waals surface area contributed by atoms with E-state index in [0.717, 1.165) is 27.7 Å². The molecule has 1 unspecified atom stereocenters. The van der Waals surface area contributed by atoms with Gasteiger partial charge in [-0.15, -0.1) is 5.10 Å². The third-order valence-electron chi connectivity index (χ3n) is 4.20. The minimum atomic E-state index is -0.940. The summed E-state index contributed by atoms with van der Waals surface area (Å²) in [6.45, 7) is 5.71. The van der Waals surface area contributed by atoms with Crippen LogP contribution in [0.3, 0.4) is 0 Å². The predicted octanol–water partition coefficient (Wildman–Crippen LogP) is 4.41. The molecule has 134 valence electrons. The summed E-state index contributed by atoms with van der Waals surface area (Å²) in [4.78, 5) is 11.1. The van der Waals surface area contributed by atoms with E-state index in [9.17, 15) is 4.79 Å². The molecule has 1 atom stereocenters. The molecule has 2 aromatic carbocycles. The van der Waals surface area contributed by atoms with Crippen molar-refractivity contribution >= 4 is 23.3 Å². The number of benzene rings is 2. The molecule has 0 radical (unpaired) electrons. The van der Waals surface area contributed by atoms with Crippen molar-refractivity contribution < 1.29 is 9.90 Å². The van der Waals surface area contributed by atoms with Gasteiger partial charge in [0, 0.05) is 10.7 Å². The van der Waals surface area contributed by atoms with Crippen molar-refractivity contribution in [3.05, 3.63) is 70.0 Å². The first-order valence-corrected chi connectivity index (χ1v) is 8.52. The summed E-state index contributed by atoms with van der Waals surface area (Å²) in [6.07, 6.45) is 1.83. The summed E-state index contributed by atoms with van der Waals surface area (Å²) in [6, 6.07) is 10.8. The minimum absolute atomic E-state index is 0.0521. The first kappa shape index (κ1) is 17.9. The Labute approximate surface area is 156 Å². The Morgan fingerprint density at radius 3 is 2.62 bits per heavy atom. The van der Waals surface area contributed by atoms with Crippen molar-refractivity contribution in [3.63, 3.8) is 0 Å². The van der Waals surface area contributed by atoms with Crippen LogP contribution in [0.4, 0.5) is 5.69 Å². The lowest BCUT2D eigenvalue weighted by Crippen LogP contribution is -2.07. The molecule has 2 N–H and O–H groups in total. The van der Waals surface area contributed by atoms with Gasteiger partial charge < -0.3 is 10.4 Å². The molecule has 1 heterocycles. The third kappa shape index (κ3) is 3.70. The number of hydrogen-bond acceptors (Lipinski definition) is 4. The zero-order valence-electron chi connectivity index (χ0n) is 14.7. The maximum absolute atomic E-state index is 11.1. The highest BCUT2D eigenvalue weighted by molar-refractivity contribution is 6.31. The number of carboxylic acids is 1. The molecule has 26 heavy (non-hydrogen) atoms. The zero-order chi connectivity index (χ0) is 18.8. The van der Waals surface area contributed by atoms with Gasteiger partial charge in [-0.25, -0.2) is 9.48 Å². The van der Waals surface area contributed by atoms with E-state index < -0.39 is 5.97 Å². The molecule has 0 saturated heterocycles. The van der Waals surface area contributed by atoms with Crippen molar-refractivity contribution in [2.75, 3.05) is 5.32 Å². The van der Waals surface area contributed by atoms with Crippen LogP contribution in [0.5, 0.6) is 0 Å². The van der Waals surface area contributed by atoms with Gasteiger partial charge in [0.15, 0.2) is 0 Å². The Hall–Kier alpha value is -2.86. The number of carboxylic acid groups (broad SMARTS) is 1. The normalized spacial score (nSPS) is 12.0. The second-order valence-electron chi connectivity index (χ2n) is 6.22. The van der Waals surface area contributed by atoms with E-state index >= 15 is 0 Å². The fourth-order valence-electron chi connectivity index (χ4n) is 2.69. The van der Waals surface area contributed by atoms with Gasteiger partial charge in [0.2, 0.25) is 0 Å². The van der Waals surface area contributed by atoms with Crippen molar-refractivity contribution in [2.24, 2.45) is 0 Å². The SMILES string of the molecule is Cc1cc(NC(C)c2cn(-c3ccc(C(=O)O)c(C)c3)nn2)ccc1Cl. The summed E-state index contributed by atoms with van der Waals surface area (Å²) >= 11 is 6.06. The smallest absolute Gasteiger partial charge is 0.335 e. The Bertz CT molecular complexity index is 968. The lowest BCUT2D eigenvalue weighted by Gasteiger charge is -2.13. The summed E-state index contributed by atoms with van der Waals surface area (Å²) in [5.41, 5.74) is 4.45. The summed E-state index contributed by atoms with van der Waals surface area (Å²) < 4.78 is 1.64. The largest absolute Gasteiger partial charge is 0.478 e. The molecule has 6 nitrogen and oxygen atoms in total. The van der Waals surface area contributed by atoms with Gasteiger partial charge in [-0.3, -0.25) is 0 Å². The fourth-order valence-corrected chi connectivity index (χ4v) is 2.81. The molecule has 0 fully saturated rings. The van der Waals surface area contributed by atoms with Gasteiger partial charge in [0.1, 0.15) is 5.69 Å². The Kier molecular flexibility index (Phi) is 4.95. The first-order chi connectivity index (χ1) is 12.3. The third-order valence-corrected chi connectivity index (χ3v) is 4.62. The van der Waals surface area contributed by atoms with E-state index in [1.54, 1.807) is 29.8 Å². The van der Waals surface area contributed by atoms with E-state index in [0.29, 0.717) is 5.56 Å². The monoisotopic (exact) mass is 370 g/mol. The fraction of sp³-hybridized carbons (Fsp3) is 0.211. The van der Waals surface area contributed by atoms with Gasteiger partial charge in [0.05, 0.1) is 23.5 Å². The van der Waals surface area contributed by atoms with Crippen LogP contribution >= 0.6 is 11.6 Å². The second-order valence-corrected chi connectivity index (χ2v) is 6.63. The van der Waals surface area contributed by atoms with Crippen LogP contribution in [0.1, 0.15) is 40.1 Å². The molecule has 3 rings (SSSR count). The van der Waals surface area contributed by atoms with Gasteiger partial charge >= 0.3 is 5.97 Å². The summed E-state index contributed by atoms with van der Waals surface area (Å²) in [5.74, 6) is -0.940. The molecular weight excluding hydrogens is 352 g/mol. The molecular formula is C19H19ClN4O2. The van der Waals surface area contributed by atoms with Crippen LogP contribution in [0.15, 0.2) is 42.6 Å². The number of halogens is 1. The molecule has 0 saturated carbocycles. The van der Waals surface area contributed by atoms with Crippen molar-refractivity contribution in [1.29, 1.82) is 0 Å². The van der Waals surface area contributed by atoms with E-state index in [1.807, 2.05) is 38.2 Å². The zero-order valence-corrected chi connectivity index (χ0v) is 15.4. The second kappa shape index (κ2) is 7.17. The van der Waals surface area contributed by atoms with Crippen molar-refractivity contribution in [2.45, 2.75) is 26.8 Å². The lowest BCUT2D eigenvalue weighted by atomic mass is 10.1.